The van der Waals surface area contributed by atoms with Crippen LogP contribution in [0.25, 0.3) is 10.9 Å². The number of aromatic nitrogens is 1. The predicted molar refractivity (Wildman–Crippen MR) is 103 cm³/mol. The maximum atomic E-state index is 12.5. The molecule has 0 spiro atoms. The summed E-state index contributed by atoms with van der Waals surface area (Å²) in [5, 5.41) is 4.20. The van der Waals surface area contributed by atoms with Gasteiger partial charge in [0.15, 0.2) is 0 Å². The molecule has 118 valence electrons. The average molecular weight is 545 g/mol. The van der Waals surface area contributed by atoms with E-state index in [1.165, 1.54) is 0 Å². The molecule has 1 amide bonds. The summed E-state index contributed by atoms with van der Waals surface area (Å²) < 4.78 is 4.46. The third-order valence-electron chi connectivity index (χ3n) is 4.25. The fourth-order valence-electron chi connectivity index (χ4n) is 3.09. The summed E-state index contributed by atoms with van der Waals surface area (Å²) >= 11 is 4.01. The number of rotatable bonds is 2. The van der Waals surface area contributed by atoms with Gasteiger partial charge in [0.2, 0.25) is 0 Å². The fourth-order valence-corrected chi connectivity index (χ4v) is 7.00. The molecule has 6 heteroatoms. The Balaban J connectivity index is 1.67. The topological polar surface area (TPSA) is 42.0 Å². The van der Waals surface area contributed by atoms with Gasteiger partial charge in [0.1, 0.15) is 0 Å². The molecule has 1 saturated carbocycles. The monoisotopic (exact) mass is 545 g/mol. The van der Waals surface area contributed by atoms with Gasteiger partial charge in [0.05, 0.1) is 0 Å². The van der Waals surface area contributed by atoms with Crippen molar-refractivity contribution in [2.24, 2.45) is 5.92 Å². The zero-order chi connectivity index (χ0) is 16.8. The summed E-state index contributed by atoms with van der Waals surface area (Å²) in [7, 11) is 0. The van der Waals surface area contributed by atoms with Crippen LogP contribution in [0.2, 0.25) is 0 Å². The van der Waals surface area contributed by atoms with Crippen LogP contribution < -0.4 is 5.32 Å². The van der Waals surface area contributed by atoms with E-state index in [9.17, 15) is 4.79 Å². The van der Waals surface area contributed by atoms with Crippen molar-refractivity contribution in [3.63, 3.8) is 0 Å². The van der Waals surface area contributed by atoms with Crippen molar-refractivity contribution in [3.05, 3.63) is 42.1 Å². The molecule has 1 aliphatic rings. The Labute approximate surface area is 159 Å². The second kappa shape index (κ2) is 9.08. The molecule has 1 fully saturated rings. The first-order valence-electron chi connectivity index (χ1n) is 8.08. The summed E-state index contributed by atoms with van der Waals surface area (Å²) in [5.41, 5.74) is 1.34. The van der Waals surface area contributed by atoms with E-state index in [2.05, 4.69) is 19.7 Å². The van der Waals surface area contributed by atoms with Crippen LogP contribution in [0, 0.1) is 15.3 Å². The van der Waals surface area contributed by atoms with Crippen molar-refractivity contribution >= 4 is 55.7 Å². The van der Waals surface area contributed by atoms with Gasteiger partial charge in [-0.2, -0.15) is 0 Å². The van der Waals surface area contributed by atoms with Crippen LogP contribution in [0.15, 0.2) is 36.4 Å². The number of pyridine rings is 1. The molecule has 3 nitrogen and oxygen atoms in total. The number of hydrogen-bond acceptors (Lipinski definition) is 3. The zero-order valence-electron chi connectivity index (χ0n) is 13.2. The first-order chi connectivity index (χ1) is 11.8. The van der Waals surface area contributed by atoms with Gasteiger partial charge in [-0.05, 0) is 0 Å². The third-order valence-corrected chi connectivity index (χ3v) is 10.6. The Morgan fingerprint density at radius 2 is 2.17 bits per heavy atom. The minimum atomic E-state index is -0.970. The van der Waals surface area contributed by atoms with Crippen molar-refractivity contribution in [1.29, 1.82) is 0 Å². The Morgan fingerprint density at radius 1 is 1.29 bits per heavy atom. The summed E-state index contributed by atoms with van der Waals surface area (Å²) in [5.74, 6) is 3.73. The minimum absolute atomic E-state index is 0.0810. The molecule has 1 heterocycles. The van der Waals surface area contributed by atoms with Crippen LogP contribution >= 0.6 is 4.00 Å². The molecule has 2 aromatic rings. The van der Waals surface area contributed by atoms with Crippen LogP contribution in [-0.2, 0) is 11.8 Å². The number of nitrogens with zero attached hydrogens (tertiary/aromatic N) is 1. The van der Waals surface area contributed by atoms with Crippen LogP contribution in [0.3, 0.4) is 0 Å². The maximum absolute atomic E-state index is 12.5. The molecular formula is C18H17N2OPSTl+. The van der Waals surface area contributed by atoms with Crippen molar-refractivity contribution in [3.8, 4) is 9.40 Å². The summed E-state index contributed by atoms with van der Waals surface area (Å²) in [6.07, 6.45) is 4.25. The molecule has 24 heavy (non-hydrogen) atoms. The molecule has 2 unspecified atom stereocenters. The van der Waals surface area contributed by atoms with Crippen LogP contribution in [0.4, 0.5) is 0 Å². The molecule has 0 saturated heterocycles. The number of amides is 1. The van der Waals surface area contributed by atoms with E-state index < -0.39 is 23.1 Å². The first-order valence-corrected chi connectivity index (χ1v) is 18.3. The van der Waals surface area contributed by atoms with Gasteiger partial charge in [-0.3, -0.25) is 0 Å². The first kappa shape index (κ1) is 18.0. The number of benzene rings is 1. The van der Waals surface area contributed by atoms with Crippen molar-refractivity contribution in [2.75, 3.05) is 0 Å². The molecule has 3 rings (SSSR count). The van der Waals surface area contributed by atoms with Crippen molar-refractivity contribution < 1.29 is 4.79 Å². The van der Waals surface area contributed by atoms with E-state index in [0.29, 0.717) is 11.6 Å². The number of nitrogens with one attached hydrogen (secondary N) is 1. The molecule has 2 atom stereocenters. The molecule has 1 aromatic carbocycles. The van der Waals surface area contributed by atoms with Gasteiger partial charge in [0.25, 0.3) is 0 Å². The second-order valence-corrected chi connectivity index (χ2v) is 18.6. The number of hydrogen-bond donors (Lipinski definition) is 1. The second-order valence-electron chi connectivity index (χ2n) is 5.95. The van der Waals surface area contributed by atoms with Gasteiger partial charge in [0, 0.05) is 0 Å². The predicted octanol–water partition coefficient (Wildman–Crippen LogP) is 3.51. The number of carbonyl (C=O) groups is 1. The van der Waals surface area contributed by atoms with E-state index in [0.717, 1.165) is 40.6 Å². The van der Waals surface area contributed by atoms with Gasteiger partial charge < -0.3 is 0 Å². The van der Waals surface area contributed by atoms with Gasteiger partial charge in [-0.1, -0.05) is 6.07 Å². The van der Waals surface area contributed by atoms with Crippen LogP contribution in [0.1, 0.15) is 36.2 Å². The molecule has 1 aliphatic carbocycles. The Kier molecular flexibility index (Phi) is 6.82. The molecule has 1 aromatic heterocycles. The molecule has 0 aliphatic heterocycles. The SMILES string of the molecule is O=C(NC1CCCC(C#[C][Tl]=[P+]=S)C1)c1ccc2ccccc2n1. The summed E-state index contributed by atoms with van der Waals surface area (Å²) in [6.45, 7) is 0. The molecular weight excluding hydrogens is 528 g/mol. The number of para-hydroxylation sites is 1. The molecule has 0 radical (unpaired) electrons. The number of fused-ring (bicyclic) bond motifs is 1. The van der Waals surface area contributed by atoms with E-state index in [-0.39, 0.29) is 11.9 Å². The summed E-state index contributed by atoms with van der Waals surface area (Å²) in [4.78, 5) is 17.0. The fraction of sp³-hybridized carbons (Fsp3) is 0.333. The van der Waals surface area contributed by atoms with Gasteiger partial charge in [-0.25, -0.2) is 0 Å². The molecule has 1 N–H and O–H groups in total. The number of carbonyl (C=O) groups excluding carboxylic acids is 1. The quantitative estimate of drug-likeness (QED) is 0.358. The van der Waals surface area contributed by atoms with Gasteiger partial charge in [-0.15, -0.1) is 0 Å². The van der Waals surface area contributed by atoms with Crippen molar-refractivity contribution in [2.45, 2.75) is 31.7 Å². The standard InChI is InChI=1S/C18H17N2O.PS.Tl/c1-2-13-6-5-8-15(12-13)19-18(21)17-11-10-14-7-3-4-9-16(14)20-17;1-2;/h3-4,7,9-11,13,15H,5-6,8,12H2,(H,19,21);;/q;-1;+2. The van der Waals surface area contributed by atoms with E-state index in [1.54, 1.807) is 6.07 Å². The summed E-state index contributed by atoms with van der Waals surface area (Å²) in [6, 6.07) is 11.8. The van der Waals surface area contributed by atoms with E-state index in [4.69, 9.17) is 11.8 Å². The molecule has 0 bridgehead atoms. The van der Waals surface area contributed by atoms with Crippen molar-refractivity contribution in [1.82, 2.24) is 10.3 Å². The average Bonchev–Trinajstić information content (AvgIpc) is 2.62. The Morgan fingerprint density at radius 3 is 3.04 bits per heavy atom. The van der Waals surface area contributed by atoms with Gasteiger partial charge >= 0.3 is 154 Å². The zero-order valence-corrected chi connectivity index (χ0v) is 19.4. The Hall–Kier alpha value is -0.768. The Bertz CT molecular complexity index is 870. The third kappa shape index (κ3) is 4.87. The van der Waals surface area contributed by atoms with E-state index in [1.807, 2.05) is 30.3 Å². The van der Waals surface area contributed by atoms with Crippen LogP contribution in [-0.4, -0.2) is 40.0 Å². The van der Waals surface area contributed by atoms with Crippen LogP contribution in [0.5, 0.6) is 0 Å². The normalized spacial score (nSPS) is 19.7. The van der Waals surface area contributed by atoms with E-state index >= 15 is 0 Å².